The molecule has 3 amide bonds. The molecule has 0 bridgehead atoms. The number of nitrogens with one attached hydrogen (secondary N) is 1. The van der Waals surface area contributed by atoms with Crippen molar-refractivity contribution in [2.75, 3.05) is 34.4 Å². The van der Waals surface area contributed by atoms with Crippen LogP contribution in [0.25, 0.3) is 21.6 Å². The van der Waals surface area contributed by atoms with Crippen LogP contribution >= 0.6 is 33.9 Å². The van der Waals surface area contributed by atoms with Gasteiger partial charge >= 0.3 is 18.2 Å². The lowest BCUT2D eigenvalue weighted by Gasteiger charge is -2.29. The summed E-state index contributed by atoms with van der Waals surface area (Å²) in [6.07, 6.45) is -0.563. The van der Waals surface area contributed by atoms with Gasteiger partial charge in [-0.15, -0.1) is 17.9 Å². The zero-order valence-corrected chi connectivity index (χ0v) is 30.4. The summed E-state index contributed by atoms with van der Waals surface area (Å²) in [4.78, 5) is 51.6. The zero-order valence-electron chi connectivity index (χ0n) is 27.4. The number of carbonyl (C=O) groups is 3. The minimum atomic E-state index is -4.62. The number of allylic oxidation sites excluding steroid dienone is 1. The lowest BCUT2D eigenvalue weighted by Crippen LogP contribution is -2.55. The van der Waals surface area contributed by atoms with Crippen molar-refractivity contribution in [1.82, 2.24) is 25.1 Å². The van der Waals surface area contributed by atoms with Gasteiger partial charge in [0.25, 0.3) is 0 Å². The van der Waals surface area contributed by atoms with Crippen LogP contribution in [0.2, 0.25) is 0 Å². The highest BCUT2D eigenvalue weighted by atomic mass is 127. The van der Waals surface area contributed by atoms with Gasteiger partial charge < -0.3 is 29.3 Å². The number of carbonyl (C=O) groups excluding carboxylic acids is 3. The second kappa shape index (κ2) is 14.7. The number of hydrogen-bond donors (Lipinski definition) is 1. The number of nitrogens with zero attached hydrogens (tertiary/aromatic N) is 4. The topological polar surface area (TPSA) is 123 Å². The number of esters is 1. The van der Waals surface area contributed by atoms with Crippen LogP contribution in [-0.4, -0.2) is 93.6 Å². The molecule has 0 spiro atoms. The standard InChI is InChI=1S/C33H37F3IN5O6S/c1-6-7-8-9-12-41(3)29(43)22-13-19(16-42(22)31(45)40-32(15-25(32)37)30(44)47-5)48-24-14-21(28-39-26(17-49-28)33(34,35)36)38-27-18(2)23(46-4)11-10-20(24)27/h6,10-11,14,17,19,22,25H,1,7-9,12-13,15-16H2,2-5H3,(H,40,45)/t19-,22-,25+,32+/m0/s1. The molecule has 2 aliphatic rings. The van der Waals surface area contributed by atoms with E-state index in [1.54, 1.807) is 31.0 Å². The molecule has 3 aromatic rings. The van der Waals surface area contributed by atoms with Crippen molar-refractivity contribution >= 4 is 62.7 Å². The van der Waals surface area contributed by atoms with Crippen LogP contribution in [0.4, 0.5) is 18.0 Å². The van der Waals surface area contributed by atoms with E-state index >= 15 is 0 Å². The molecule has 2 aromatic heterocycles. The summed E-state index contributed by atoms with van der Waals surface area (Å²) in [5.74, 6) is -0.0211. The third-order valence-corrected chi connectivity index (χ3v) is 11.1. The summed E-state index contributed by atoms with van der Waals surface area (Å²) < 4.78 is 57.0. The smallest absolute Gasteiger partial charge is 0.434 e. The molecule has 0 radical (unpaired) electrons. The van der Waals surface area contributed by atoms with Gasteiger partial charge in [0, 0.05) is 46.3 Å². The number of thiazole rings is 1. The van der Waals surface area contributed by atoms with Crippen molar-refractivity contribution in [2.45, 2.75) is 66.8 Å². The molecule has 1 aliphatic heterocycles. The molecular weight excluding hydrogens is 778 g/mol. The number of likely N-dealkylation sites (N-methyl/N-ethyl adjacent to an activating group) is 1. The molecule has 4 atom stereocenters. The van der Waals surface area contributed by atoms with Gasteiger partial charge in [0.2, 0.25) is 5.91 Å². The summed E-state index contributed by atoms with van der Waals surface area (Å²) >= 11 is 2.89. The fourth-order valence-electron chi connectivity index (χ4n) is 5.91. The Bertz CT molecular complexity index is 1760. The minimum absolute atomic E-state index is 0.000526. The molecule has 16 heteroatoms. The Morgan fingerprint density at radius 2 is 1.96 bits per heavy atom. The van der Waals surface area contributed by atoms with Gasteiger partial charge in [-0.1, -0.05) is 28.7 Å². The first-order chi connectivity index (χ1) is 23.2. The molecule has 1 saturated heterocycles. The first-order valence-corrected chi connectivity index (χ1v) is 17.7. The largest absolute Gasteiger partial charge is 0.496 e. The number of pyridine rings is 1. The van der Waals surface area contributed by atoms with Gasteiger partial charge in [-0.3, -0.25) is 4.79 Å². The number of ether oxygens (including phenoxy) is 3. The van der Waals surface area contributed by atoms with Gasteiger partial charge in [-0.2, -0.15) is 13.2 Å². The number of aryl methyl sites for hydroxylation is 1. The number of aromatic nitrogens is 2. The Morgan fingerprint density at radius 1 is 1.22 bits per heavy atom. The Morgan fingerprint density at radius 3 is 2.57 bits per heavy atom. The molecule has 1 aliphatic carbocycles. The fourth-order valence-corrected chi connectivity index (χ4v) is 7.80. The number of alkyl halides is 4. The van der Waals surface area contributed by atoms with E-state index in [4.69, 9.17) is 14.2 Å². The highest BCUT2D eigenvalue weighted by molar-refractivity contribution is 14.1. The lowest BCUT2D eigenvalue weighted by atomic mass is 10.1. The normalized spacial score (nSPS) is 21.7. The maximum absolute atomic E-state index is 13.8. The van der Waals surface area contributed by atoms with Gasteiger partial charge in [-0.25, -0.2) is 19.6 Å². The Kier molecular flexibility index (Phi) is 11.0. The molecule has 1 N–H and O–H groups in total. The summed E-state index contributed by atoms with van der Waals surface area (Å²) in [5, 5.41) is 4.36. The number of likely N-dealkylation sites (tertiary alicyclic amines) is 1. The van der Waals surface area contributed by atoms with Crippen molar-refractivity contribution in [3.63, 3.8) is 0 Å². The lowest BCUT2D eigenvalue weighted by molar-refractivity contribution is -0.144. The van der Waals surface area contributed by atoms with E-state index in [1.165, 1.54) is 25.2 Å². The van der Waals surface area contributed by atoms with E-state index in [0.29, 0.717) is 40.9 Å². The average molecular weight is 816 g/mol. The van der Waals surface area contributed by atoms with E-state index in [1.807, 2.05) is 6.08 Å². The van der Waals surface area contributed by atoms with Crippen LogP contribution in [0, 0.1) is 6.92 Å². The quantitative estimate of drug-likeness (QED) is 0.0759. The van der Waals surface area contributed by atoms with E-state index in [2.05, 4.69) is 44.5 Å². The van der Waals surface area contributed by atoms with Crippen molar-refractivity contribution in [3.05, 3.63) is 47.5 Å². The second-order valence-corrected chi connectivity index (χ2v) is 14.4. The minimum Gasteiger partial charge on any atom is -0.496 e. The highest BCUT2D eigenvalue weighted by Gasteiger charge is 2.62. The predicted molar refractivity (Wildman–Crippen MR) is 186 cm³/mol. The molecular formula is C33H37F3IN5O6S. The number of hydrogen-bond acceptors (Lipinski definition) is 9. The Balaban J connectivity index is 1.48. The number of benzene rings is 1. The van der Waals surface area contributed by atoms with E-state index < -0.39 is 41.6 Å². The second-order valence-electron chi connectivity index (χ2n) is 12.1. The van der Waals surface area contributed by atoms with Crippen LogP contribution in [0.5, 0.6) is 11.5 Å². The SMILES string of the molecule is C=CCCCCN(C)C(=O)[C@@H]1C[C@H](Oc2cc(-c3nc(C(F)(F)F)cs3)nc3c(C)c(OC)ccc23)CN1C(=O)N[C@]1(C(=O)OC)C[C@H]1I. The first-order valence-electron chi connectivity index (χ1n) is 15.6. The van der Waals surface area contributed by atoms with Crippen molar-refractivity contribution < 1.29 is 41.8 Å². The van der Waals surface area contributed by atoms with Crippen LogP contribution in [0.15, 0.2) is 36.2 Å². The number of amides is 3. The Hall–Kier alpha value is -3.67. The van der Waals surface area contributed by atoms with Crippen molar-refractivity contribution in [2.24, 2.45) is 0 Å². The number of rotatable bonds is 12. The average Bonchev–Trinajstić information content (AvgIpc) is 3.41. The predicted octanol–water partition coefficient (Wildman–Crippen LogP) is 6.16. The molecule has 5 rings (SSSR count). The molecule has 1 saturated carbocycles. The van der Waals surface area contributed by atoms with Crippen LogP contribution < -0.4 is 14.8 Å². The van der Waals surface area contributed by atoms with Gasteiger partial charge in [0.05, 0.1) is 26.3 Å². The number of fused-ring (bicyclic) bond motifs is 1. The van der Waals surface area contributed by atoms with Gasteiger partial charge in [0.15, 0.2) is 11.2 Å². The molecule has 3 heterocycles. The fraction of sp³-hybridized carbons (Fsp3) is 0.485. The number of methoxy groups -OCH3 is 2. The van der Waals surface area contributed by atoms with Crippen molar-refractivity contribution in [3.8, 4) is 22.2 Å². The van der Waals surface area contributed by atoms with Crippen molar-refractivity contribution in [1.29, 1.82) is 0 Å². The van der Waals surface area contributed by atoms with Crippen LogP contribution in [-0.2, 0) is 20.5 Å². The van der Waals surface area contributed by atoms with E-state index in [0.717, 1.165) is 36.0 Å². The zero-order chi connectivity index (χ0) is 35.7. The van der Waals surface area contributed by atoms with E-state index in [9.17, 15) is 27.6 Å². The monoisotopic (exact) mass is 815 g/mol. The molecule has 49 heavy (non-hydrogen) atoms. The van der Waals surface area contributed by atoms with Gasteiger partial charge in [0.1, 0.15) is 34.3 Å². The summed E-state index contributed by atoms with van der Waals surface area (Å²) in [6.45, 7) is 5.98. The third kappa shape index (κ3) is 7.59. The first kappa shape index (κ1) is 36.6. The maximum Gasteiger partial charge on any atom is 0.434 e. The molecule has 264 valence electrons. The molecule has 1 aromatic carbocycles. The van der Waals surface area contributed by atoms with Crippen LogP contribution in [0.3, 0.4) is 0 Å². The summed E-state index contributed by atoms with van der Waals surface area (Å²) in [7, 11) is 4.44. The third-order valence-electron chi connectivity index (χ3n) is 8.77. The Labute approximate surface area is 299 Å². The molecule has 2 fully saturated rings. The van der Waals surface area contributed by atoms with Gasteiger partial charge in [-0.05, 0) is 44.7 Å². The summed E-state index contributed by atoms with van der Waals surface area (Å²) in [6, 6.07) is 3.50. The molecule has 11 nitrogen and oxygen atoms in total. The highest BCUT2D eigenvalue weighted by Crippen LogP contribution is 2.45. The van der Waals surface area contributed by atoms with Crippen LogP contribution in [0.1, 0.15) is 43.4 Å². The van der Waals surface area contributed by atoms with E-state index in [-0.39, 0.29) is 33.5 Å². The summed E-state index contributed by atoms with van der Waals surface area (Å²) in [5.41, 5.74) is -0.965. The number of unbranched alkanes of at least 4 members (excludes halogenated alkanes) is 2. The molecule has 0 unspecified atom stereocenters. The number of halogens is 4. The maximum atomic E-state index is 13.8. The number of urea groups is 1.